The van der Waals surface area contributed by atoms with E-state index < -0.39 is 0 Å². The van der Waals surface area contributed by atoms with Crippen LogP contribution in [0.2, 0.25) is 0 Å². The molecule has 1 aromatic heterocycles. The van der Waals surface area contributed by atoms with Crippen LogP contribution in [0.1, 0.15) is 0 Å². The van der Waals surface area contributed by atoms with Gasteiger partial charge < -0.3 is 5.11 Å². The Morgan fingerprint density at radius 3 is 2.42 bits per heavy atom. The smallest absolute Gasteiger partial charge is 0.372 e. The van der Waals surface area contributed by atoms with Crippen molar-refractivity contribution in [2.24, 2.45) is 0 Å². The van der Waals surface area contributed by atoms with Gasteiger partial charge in [0.05, 0.1) is 6.07 Å². The highest BCUT2D eigenvalue weighted by atomic mass is 35.5. The third kappa shape index (κ3) is 2.03. The van der Waals surface area contributed by atoms with Gasteiger partial charge in [-0.1, -0.05) is 23.2 Å². The Morgan fingerprint density at radius 2 is 1.92 bits per heavy atom. The minimum absolute atomic E-state index is 0.0266. The van der Waals surface area contributed by atoms with Crippen LogP contribution in [0.5, 0.6) is 5.88 Å². The molecular formula is C7H5Cl3NO+. The average Bonchev–Trinajstić information content (AvgIpc) is 2.04. The van der Waals surface area contributed by atoms with Gasteiger partial charge in [-0.05, 0) is 17.7 Å². The van der Waals surface area contributed by atoms with Crippen molar-refractivity contribution in [3.05, 3.63) is 28.9 Å². The second kappa shape index (κ2) is 3.99. The Labute approximate surface area is 84.6 Å². The molecule has 0 aliphatic carbocycles. The predicted octanol–water partition coefficient (Wildman–Crippen LogP) is 2.48. The van der Waals surface area contributed by atoms with E-state index in [1.807, 2.05) is 0 Å². The fourth-order valence-electron chi connectivity index (χ4n) is 0.691. The summed E-state index contributed by atoms with van der Waals surface area (Å²) in [5.74, 6) is -0.0266. The van der Waals surface area contributed by atoms with Crippen LogP contribution < -0.4 is 4.57 Å². The Kier molecular flexibility index (Phi) is 3.20. The number of aromatic nitrogens is 1. The molecule has 1 heterocycles. The monoisotopic (exact) mass is 224 g/mol. The van der Waals surface area contributed by atoms with E-state index in [1.165, 1.54) is 10.6 Å². The summed E-state index contributed by atoms with van der Waals surface area (Å²) >= 11 is 16.5. The van der Waals surface area contributed by atoms with Crippen LogP contribution in [0.15, 0.2) is 28.9 Å². The molecule has 0 radical (unpaired) electrons. The van der Waals surface area contributed by atoms with Crippen LogP contribution in [-0.2, 0) is 0 Å². The first-order valence-electron chi connectivity index (χ1n) is 3.03. The van der Waals surface area contributed by atoms with E-state index in [9.17, 15) is 5.11 Å². The first-order valence-corrected chi connectivity index (χ1v) is 4.17. The van der Waals surface area contributed by atoms with Crippen molar-refractivity contribution in [2.75, 3.05) is 0 Å². The Balaban J connectivity index is 3.21. The average molecular weight is 225 g/mol. The second-order valence-electron chi connectivity index (χ2n) is 1.98. The molecule has 0 aliphatic heterocycles. The maximum absolute atomic E-state index is 9.26. The predicted molar refractivity (Wildman–Crippen MR) is 49.1 cm³/mol. The Morgan fingerprint density at radius 1 is 1.25 bits per heavy atom. The maximum atomic E-state index is 9.26. The van der Waals surface area contributed by atoms with Crippen molar-refractivity contribution >= 4 is 40.0 Å². The summed E-state index contributed by atoms with van der Waals surface area (Å²) in [5.41, 5.74) is 0. The van der Waals surface area contributed by atoms with Gasteiger partial charge in [0.15, 0.2) is 10.7 Å². The SMILES string of the molecule is Oc1cccc[n+]1C(Cl)=C(Cl)Cl. The van der Waals surface area contributed by atoms with Crippen LogP contribution in [0.4, 0.5) is 0 Å². The van der Waals surface area contributed by atoms with Gasteiger partial charge in [-0.25, -0.2) is 0 Å². The standard InChI is InChI=1S/C7H4Cl3NO/c8-6(9)7(10)11-4-2-1-3-5(11)12/h1-4H/p+1. The lowest BCUT2D eigenvalue weighted by atomic mass is 10.5. The number of aromatic hydroxyl groups is 1. The fourth-order valence-corrected chi connectivity index (χ4v) is 1.02. The molecule has 0 aliphatic rings. The van der Waals surface area contributed by atoms with Crippen molar-refractivity contribution in [3.63, 3.8) is 0 Å². The number of hydrogen-bond donors (Lipinski definition) is 1. The zero-order chi connectivity index (χ0) is 9.14. The summed E-state index contributed by atoms with van der Waals surface area (Å²) in [6, 6.07) is 4.83. The molecule has 0 bridgehead atoms. The van der Waals surface area contributed by atoms with Crippen molar-refractivity contribution in [1.82, 2.24) is 0 Å². The van der Waals surface area contributed by atoms with Gasteiger partial charge in [0.25, 0.3) is 0 Å². The molecule has 1 aromatic rings. The largest absolute Gasteiger partial charge is 0.459 e. The molecule has 1 N–H and O–H groups in total. The molecule has 1 rings (SSSR count). The van der Waals surface area contributed by atoms with Crippen molar-refractivity contribution in [1.29, 1.82) is 0 Å². The quantitative estimate of drug-likeness (QED) is 0.730. The van der Waals surface area contributed by atoms with Gasteiger partial charge in [0.2, 0.25) is 0 Å². The van der Waals surface area contributed by atoms with Crippen LogP contribution in [-0.4, -0.2) is 5.11 Å². The summed E-state index contributed by atoms with van der Waals surface area (Å²) in [5, 5.41) is 9.32. The summed E-state index contributed by atoms with van der Waals surface area (Å²) in [7, 11) is 0. The molecule has 64 valence electrons. The van der Waals surface area contributed by atoms with Gasteiger partial charge in [-0.2, -0.15) is 0 Å². The Bertz CT molecular complexity index is 320. The van der Waals surface area contributed by atoms with E-state index in [2.05, 4.69) is 0 Å². The van der Waals surface area contributed by atoms with Crippen LogP contribution in [0, 0.1) is 0 Å². The van der Waals surface area contributed by atoms with E-state index >= 15 is 0 Å². The van der Waals surface area contributed by atoms with Gasteiger partial charge in [0, 0.05) is 6.07 Å². The summed E-state index contributed by atoms with van der Waals surface area (Å²) < 4.78 is 1.17. The summed E-state index contributed by atoms with van der Waals surface area (Å²) in [6.07, 6.45) is 1.54. The molecule has 2 nitrogen and oxygen atoms in total. The van der Waals surface area contributed by atoms with E-state index in [-0.39, 0.29) is 15.5 Å². The molecule has 12 heavy (non-hydrogen) atoms. The van der Waals surface area contributed by atoms with Crippen LogP contribution in [0.3, 0.4) is 0 Å². The molecule has 0 unspecified atom stereocenters. The molecule has 0 aromatic carbocycles. The van der Waals surface area contributed by atoms with E-state index in [1.54, 1.807) is 18.3 Å². The lowest BCUT2D eigenvalue weighted by molar-refractivity contribution is -0.583. The highest BCUT2D eigenvalue weighted by Crippen LogP contribution is 2.18. The molecule has 0 saturated carbocycles. The first kappa shape index (κ1) is 9.65. The molecule has 0 fully saturated rings. The number of hydrogen-bond acceptors (Lipinski definition) is 1. The summed E-state index contributed by atoms with van der Waals surface area (Å²) in [6.45, 7) is 0. The first-order chi connectivity index (χ1) is 5.63. The summed E-state index contributed by atoms with van der Waals surface area (Å²) in [4.78, 5) is 0. The lowest BCUT2D eigenvalue weighted by Gasteiger charge is -1.93. The number of pyridine rings is 1. The van der Waals surface area contributed by atoms with E-state index in [4.69, 9.17) is 34.8 Å². The number of rotatable bonds is 1. The Hall–Kier alpha value is -0.440. The minimum Gasteiger partial charge on any atom is -0.459 e. The van der Waals surface area contributed by atoms with Gasteiger partial charge in [-0.3, -0.25) is 0 Å². The van der Waals surface area contributed by atoms with E-state index in [0.29, 0.717) is 0 Å². The molecule has 0 atom stereocenters. The molecular weight excluding hydrogens is 220 g/mol. The number of halogens is 3. The molecule has 0 spiro atoms. The van der Waals surface area contributed by atoms with Crippen LogP contribution >= 0.6 is 34.8 Å². The molecule has 0 saturated heterocycles. The van der Waals surface area contributed by atoms with Crippen molar-refractivity contribution < 1.29 is 9.67 Å². The molecule has 0 amide bonds. The minimum atomic E-state index is -0.0943. The lowest BCUT2D eigenvalue weighted by Crippen LogP contribution is -2.29. The van der Waals surface area contributed by atoms with Crippen LogP contribution in [0.25, 0.3) is 5.16 Å². The normalized spacial score (nSPS) is 9.58. The van der Waals surface area contributed by atoms with Crippen molar-refractivity contribution in [3.8, 4) is 5.88 Å². The maximum Gasteiger partial charge on any atom is 0.372 e. The molecule has 5 heteroatoms. The number of nitrogens with zero attached hydrogens (tertiary/aromatic N) is 1. The highest BCUT2D eigenvalue weighted by molar-refractivity contribution is 6.64. The third-order valence-corrected chi connectivity index (χ3v) is 2.13. The van der Waals surface area contributed by atoms with Gasteiger partial charge >= 0.3 is 11.0 Å². The highest BCUT2D eigenvalue weighted by Gasteiger charge is 2.15. The van der Waals surface area contributed by atoms with Crippen molar-refractivity contribution in [2.45, 2.75) is 0 Å². The zero-order valence-electron chi connectivity index (χ0n) is 5.84. The third-order valence-electron chi connectivity index (χ3n) is 1.21. The van der Waals surface area contributed by atoms with Gasteiger partial charge in [0.1, 0.15) is 0 Å². The zero-order valence-corrected chi connectivity index (χ0v) is 8.11. The van der Waals surface area contributed by atoms with Gasteiger partial charge in [-0.15, -0.1) is 4.57 Å². The van der Waals surface area contributed by atoms with E-state index in [0.717, 1.165) is 0 Å². The second-order valence-corrected chi connectivity index (χ2v) is 3.29. The topological polar surface area (TPSA) is 24.1 Å². The fraction of sp³-hybridized carbons (Fsp3) is 0.